The highest BCUT2D eigenvalue weighted by Gasteiger charge is 2.39. The van der Waals surface area contributed by atoms with E-state index in [4.69, 9.17) is 16.3 Å². The van der Waals surface area contributed by atoms with Gasteiger partial charge in [0.1, 0.15) is 16.5 Å². The Bertz CT molecular complexity index is 1630. The van der Waals surface area contributed by atoms with Crippen LogP contribution in [-0.4, -0.2) is 17.8 Å². The first-order chi connectivity index (χ1) is 19.1. The van der Waals surface area contributed by atoms with E-state index in [-0.39, 0.29) is 16.1 Å². The van der Waals surface area contributed by atoms with E-state index in [1.165, 1.54) is 5.56 Å². The van der Waals surface area contributed by atoms with E-state index >= 15 is 0 Å². The Morgan fingerprint density at radius 1 is 0.800 bits per heavy atom. The monoisotopic (exact) mass is 550 g/mol. The minimum atomic E-state index is -0.599. The van der Waals surface area contributed by atoms with Crippen molar-refractivity contribution in [3.63, 3.8) is 0 Å². The van der Waals surface area contributed by atoms with Crippen molar-refractivity contribution in [3.8, 4) is 5.75 Å². The van der Waals surface area contributed by atoms with E-state index in [0.29, 0.717) is 22.7 Å². The summed E-state index contributed by atoms with van der Waals surface area (Å²) < 4.78 is 5.57. The second-order valence-corrected chi connectivity index (χ2v) is 10.5. The van der Waals surface area contributed by atoms with E-state index in [2.05, 4.69) is 31.3 Å². The topological polar surface area (TPSA) is 75.7 Å². The van der Waals surface area contributed by atoms with Crippen molar-refractivity contribution in [2.24, 2.45) is 0 Å². The Morgan fingerprint density at radius 3 is 2.10 bits per heavy atom. The Balaban J connectivity index is 1.25. The summed E-state index contributed by atoms with van der Waals surface area (Å²) in [6.07, 6.45) is 0. The predicted molar refractivity (Wildman–Crippen MR) is 157 cm³/mol. The summed E-state index contributed by atoms with van der Waals surface area (Å²) in [6, 6.07) is 31.1. The molecular formula is C33H27ClN2O4. The molecule has 0 fully saturated rings. The molecule has 2 amide bonds. The van der Waals surface area contributed by atoms with Crippen molar-refractivity contribution in [1.82, 2.24) is 0 Å². The molecule has 0 bridgehead atoms. The minimum Gasteiger partial charge on any atom is -0.423 e. The van der Waals surface area contributed by atoms with Gasteiger partial charge in [-0.05, 0) is 72.1 Å². The van der Waals surface area contributed by atoms with Gasteiger partial charge in [0.15, 0.2) is 0 Å². The number of rotatable bonds is 7. The lowest BCUT2D eigenvalue weighted by molar-refractivity contribution is -0.120. The standard InChI is InChI=1S/C33H27ClN2O4/c1-21-8-7-11-26(20-21)36-30(37)28(34)29(31(36)38)35-25-16-12-22(13-17-25)32(39)40-27-18-14-24(15-19-27)33(2,3)23-9-5-4-6-10-23/h4-20,35H,1-3H3. The molecule has 1 N–H and O–H groups in total. The van der Waals surface area contributed by atoms with E-state index in [9.17, 15) is 14.4 Å². The summed E-state index contributed by atoms with van der Waals surface area (Å²) in [5.74, 6) is -1.24. The maximum atomic E-state index is 13.0. The van der Waals surface area contributed by atoms with Crippen LogP contribution in [0.3, 0.4) is 0 Å². The summed E-state index contributed by atoms with van der Waals surface area (Å²) in [6.45, 7) is 6.17. The Kier molecular flexibility index (Phi) is 7.28. The van der Waals surface area contributed by atoms with E-state index in [0.717, 1.165) is 16.0 Å². The maximum absolute atomic E-state index is 13.0. The fraction of sp³-hybridized carbons (Fsp3) is 0.121. The molecule has 1 aliphatic heterocycles. The van der Waals surface area contributed by atoms with Crippen molar-refractivity contribution in [1.29, 1.82) is 0 Å². The summed E-state index contributed by atoms with van der Waals surface area (Å²) in [5, 5.41) is 2.72. The Morgan fingerprint density at radius 2 is 1.45 bits per heavy atom. The number of benzene rings is 4. The number of esters is 1. The van der Waals surface area contributed by atoms with Crippen molar-refractivity contribution in [2.75, 3.05) is 10.2 Å². The van der Waals surface area contributed by atoms with E-state index in [1.54, 1.807) is 54.6 Å². The van der Waals surface area contributed by atoms with Gasteiger partial charge in [0.2, 0.25) is 0 Å². The molecule has 0 aliphatic carbocycles. The third kappa shape index (κ3) is 5.26. The molecule has 6 nitrogen and oxygen atoms in total. The molecule has 0 saturated carbocycles. The number of carbonyl (C=O) groups is 3. The fourth-order valence-corrected chi connectivity index (χ4v) is 4.79. The summed E-state index contributed by atoms with van der Waals surface area (Å²) in [7, 11) is 0. The smallest absolute Gasteiger partial charge is 0.343 e. The highest BCUT2D eigenvalue weighted by Crippen LogP contribution is 2.33. The number of aryl methyl sites for hydroxylation is 1. The number of imide groups is 1. The molecule has 1 heterocycles. The quantitative estimate of drug-likeness (QED) is 0.153. The zero-order valence-electron chi connectivity index (χ0n) is 22.3. The van der Waals surface area contributed by atoms with Gasteiger partial charge in [0.25, 0.3) is 11.8 Å². The van der Waals surface area contributed by atoms with Gasteiger partial charge in [-0.15, -0.1) is 0 Å². The van der Waals surface area contributed by atoms with Crippen LogP contribution in [0.2, 0.25) is 0 Å². The second kappa shape index (κ2) is 10.8. The van der Waals surface area contributed by atoms with Gasteiger partial charge in [-0.2, -0.15) is 0 Å². The van der Waals surface area contributed by atoms with Crippen molar-refractivity contribution >= 4 is 40.8 Å². The fourth-order valence-electron chi connectivity index (χ4n) is 4.57. The molecule has 0 radical (unpaired) electrons. The van der Waals surface area contributed by atoms with Crippen LogP contribution < -0.4 is 15.0 Å². The average Bonchev–Trinajstić information content (AvgIpc) is 3.17. The molecule has 4 aromatic rings. The summed E-state index contributed by atoms with van der Waals surface area (Å²) in [5.41, 5.74) is 4.23. The second-order valence-electron chi connectivity index (χ2n) is 10.1. The largest absolute Gasteiger partial charge is 0.423 e. The molecule has 4 aromatic carbocycles. The van der Waals surface area contributed by atoms with E-state index < -0.39 is 17.8 Å². The van der Waals surface area contributed by atoms with Gasteiger partial charge in [0, 0.05) is 11.1 Å². The average molecular weight is 551 g/mol. The highest BCUT2D eigenvalue weighted by atomic mass is 35.5. The van der Waals surface area contributed by atoms with Gasteiger partial charge in [-0.25, -0.2) is 9.69 Å². The van der Waals surface area contributed by atoms with Gasteiger partial charge >= 0.3 is 5.97 Å². The molecule has 0 unspecified atom stereocenters. The lowest BCUT2D eigenvalue weighted by atomic mass is 9.78. The zero-order valence-corrected chi connectivity index (χ0v) is 23.0. The number of nitrogens with zero attached hydrogens (tertiary/aromatic N) is 1. The first-order valence-electron chi connectivity index (χ1n) is 12.8. The predicted octanol–water partition coefficient (Wildman–Crippen LogP) is 6.98. The Hall–Kier alpha value is -4.68. The first-order valence-corrected chi connectivity index (χ1v) is 13.1. The van der Waals surface area contributed by atoms with Crippen molar-refractivity contribution in [2.45, 2.75) is 26.2 Å². The number of carbonyl (C=O) groups excluding carboxylic acids is 3. The molecule has 7 heteroatoms. The highest BCUT2D eigenvalue weighted by molar-refractivity contribution is 6.53. The Labute approximate surface area is 237 Å². The van der Waals surface area contributed by atoms with Gasteiger partial charge in [0.05, 0.1) is 11.3 Å². The molecule has 5 rings (SSSR count). The SMILES string of the molecule is Cc1cccc(N2C(=O)C(Cl)=C(Nc3ccc(C(=O)Oc4ccc(C(C)(C)c5ccccc5)cc4)cc3)C2=O)c1. The molecular weight excluding hydrogens is 524 g/mol. The van der Waals surface area contributed by atoms with Crippen LogP contribution in [-0.2, 0) is 15.0 Å². The van der Waals surface area contributed by atoms with Gasteiger partial charge in [-0.3, -0.25) is 9.59 Å². The normalized spacial score (nSPS) is 13.6. The van der Waals surface area contributed by atoms with Crippen LogP contribution in [0.4, 0.5) is 11.4 Å². The molecule has 0 aromatic heterocycles. The minimum absolute atomic E-state index is 0.0259. The third-order valence-corrected chi connectivity index (χ3v) is 7.31. The van der Waals surface area contributed by atoms with Crippen LogP contribution >= 0.6 is 11.6 Å². The number of hydrogen-bond donors (Lipinski definition) is 1. The van der Waals surface area contributed by atoms with Crippen LogP contribution in [0.1, 0.15) is 40.9 Å². The molecule has 0 saturated heterocycles. The van der Waals surface area contributed by atoms with Gasteiger partial charge in [-0.1, -0.05) is 80.0 Å². The van der Waals surface area contributed by atoms with Crippen LogP contribution in [0.25, 0.3) is 0 Å². The van der Waals surface area contributed by atoms with Gasteiger partial charge < -0.3 is 10.1 Å². The lowest BCUT2D eigenvalue weighted by Gasteiger charge is -2.26. The van der Waals surface area contributed by atoms with Crippen LogP contribution in [0.15, 0.2) is 114 Å². The van der Waals surface area contributed by atoms with Crippen molar-refractivity contribution in [3.05, 3.63) is 136 Å². The molecule has 200 valence electrons. The molecule has 1 aliphatic rings. The number of amides is 2. The molecule has 40 heavy (non-hydrogen) atoms. The van der Waals surface area contributed by atoms with Crippen molar-refractivity contribution < 1.29 is 19.1 Å². The van der Waals surface area contributed by atoms with Crippen LogP contribution in [0.5, 0.6) is 5.75 Å². The number of ether oxygens (including phenoxy) is 1. The van der Waals surface area contributed by atoms with E-state index in [1.807, 2.05) is 43.3 Å². The summed E-state index contributed by atoms with van der Waals surface area (Å²) in [4.78, 5) is 39.5. The van der Waals surface area contributed by atoms with Crippen LogP contribution in [0, 0.1) is 6.92 Å². The number of halogens is 1. The number of hydrogen-bond acceptors (Lipinski definition) is 5. The third-order valence-electron chi connectivity index (χ3n) is 6.96. The maximum Gasteiger partial charge on any atom is 0.343 e. The first kappa shape index (κ1) is 26.9. The zero-order chi connectivity index (χ0) is 28.4. The summed E-state index contributed by atoms with van der Waals surface area (Å²) >= 11 is 6.23. The molecule has 0 atom stereocenters. The number of nitrogens with one attached hydrogen (secondary N) is 1. The number of anilines is 2. The lowest BCUT2D eigenvalue weighted by Crippen LogP contribution is -2.32. The molecule has 0 spiro atoms.